The summed E-state index contributed by atoms with van der Waals surface area (Å²) >= 11 is 2.72. The fourth-order valence-electron chi connectivity index (χ4n) is 1.82. The van der Waals surface area contributed by atoms with Crippen molar-refractivity contribution in [2.24, 2.45) is 0 Å². The molecule has 0 saturated heterocycles. The monoisotopic (exact) mass is 357 g/mol. The normalized spacial score (nSPS) is 12.4. The number of nitrogens with zero attached hydrogens (tertiary/aromatic N) is 4. The maximum Gasteiger partial charge on any atom is 0.252 e. The number of fused-ring (bicyclic) bond motifs is 1. The molecule has 0 amide bonds. The molecule has 0 radical (unpaired) electrons. The number of imidazole rings is 1. The Bertz CT molecular complexity index is 875. The van der Waals surface area contributed by atoms with Crippen molar-refractivity contribution < 1.29 is 8.42 Å². The number of hydrogen-bond donors (Lipinski definition) is 1. The van der Waals surface area contributed by atoms with Crippen molar-refractivity contribution >= 4 is 42.8 Å². The number of hydrogen-bond acceptors (Lipinski definition) is 7. The number of aromatic nitrogens is 3. The fraction of sp³-hybridized carbons (Fsp3) is 0.333. The van der Waals surface area contributed by atoms with E-state index in [0.717, 1.165) is 20.7 Å². The lowest BCUT2D eigenvalue weighted by Gasteiger charge is -2.08. The van der Waals surface area contributed by atoms with Crippen LogP contribution in [-0.4, -0.2) is 41.4 Å². The highest BCUT2D eigenvalue weighted by atomic mass is 32.2. The first-order valence-corrected chi connectivity index (χ1v) is 9.51. The molecule has 0 fully saturated rings. The van der Waals surface area contributed by atoms with Gasteiger partial charge in [-0.05, 0) is 19.1 Å². The summed E-state index contributed by atoms with van der Waals surface area (Å²) in [6.45, 7) is 2.45. The molecule has 0 aliphatic heterocycles. The number of thiophene rings is 1. The third-order valence-corrected chi connectivity index (χ3v) is 7.20. The van der Waals surface area contributed by atoms with Crippen LogP contribution in [0, 0.1) is 6.92 Å². The van der Waals surface area contributed by atoms with Gasteiger partial charge in [0.25, 0.3) is 10.0 Å². The number of rotatable bonds is 5. The van der Waals surface area contributed by atoms with Crippen LogP contribution in [0.1, 0.15) is 10.6 Å². The van der Waals surface area contributed by atoms with E-state index in [2.05, 4.69) is 15.4 Å². The minimum absolute atomic E-state index is 0.346. The molecule has 7 nitrogen and oxygen atoms in total. The van der Waals surface area contributed by atoms with Crippen LogP contribution in [0.4, 0.5) is 5.13 Å². The summed E-state index contributed by atoms with van der Waals surface area (Å²) in [5, 5.41) is 8.33. The number of sulfonamides is 1. The molecule has 1 N–H and O–H groups in total. The predicted octanol–water partition coefficient (Wildman–Crippen LogP) is 2.02. The predicted molar refractivity (Wildman–Crippen MR) is 88.1 cm³/mol. The van der Waals surface area contributed by atoms with E-state index in [4.69, 9.17) is 0 Å². The summed E-state index contributed by atoms with van der Waals surface area (Å²) < 4.78 is 27.4. The Morgan fingerprint density at radius 1 is 1.32 bits per heavy atom. The van der Waals surface area contributed by atoms with E-state index in [9.17, 15) is 8.42 Å². The lowest BCUT2D eigenvalue weighted by atomic mass is 10.5. The van der Waals surface area contributed by atoms with Crippen LogP contribution in [0.5, 0.6) is 0 Å². The zero-order valence-electron chi connectivity index (χ0n) is 12.3. The van der Waals surface area contributed by atoms with Crippen molar-refractivity contribution in [3.8, 4) is 0 Å². The van der Waals surface area contributed by atoms with Gasteiger partial charge in [-0.1, -0.05) is 11.3 Å². The lowest BCUT2D eigenvalue weighted by Crippen LogP contribution is -2.21. The van der Waals surface area contributed by atoms with E-state index in [1.807, 2.05) is 19.2 Å². The van der Waals surface area contributed by atoms with Crippen molar-refractivity contribution in [2.45, 2.75) is 17.7 Å². The second-order valence-corrected chi connectivity index (χ2v) is 9.38. The SMILES string of the molecule is Cc1cn2nc(NCc3ccc(S(=O)(=O)N(C)C)s3)sc2n1. The second kappa shape index (κ2) is 5.61. The van der Waals surface area contributed by atoms with Gasteiger partial charge in [0.15, 0.2) is 0 Å². The largest absolute Gasteiger partial charge is 0.355 e. The smallest absolute Gasteiger partial charge is 0.252 e. The maximum atomic E-state index is 12.0. The van der Waals surface area contributed by atoms with Gasteiger partial charge in [0.05, 0.1) is 18.4 Å². The maximum absolute atomic E-state index is 12.0. The van der Waals surface area contributed by atoms with Crippen molar-refractivity contribution in [3.05, 3.63) is 28.9 Å². The lowest BCUT2D eigenvalue weighted by molar-refractivity contribution is 0.523. The molecule has 0 saturated carbocycles. The molecule has 0 unspecified atom stereocenters. The third-order valence-electron chi connectivity index (χ3n) is 2.95. The third kappa shape index (κ3) is 2.86. The zero-order valence-corrected chi connectivity index (χ0v) is 14.7. The molecule has 3 aromatic heterocycles. The van der Waals surface area contributed by atoms with Gasteiger partial charge >= 0.3 is 0 Å². The van der Waals surface area contributed by atoms with Gasteiger partial charge in [-0.3, -0.25) is 0 Å². The average Bonchev–Trinajstić information content (AvgIpc) is 3.09. The van der Waals surface area contributed by atoms with Gasteiger partial charge in [0, 0.05) is 19.0 Å². The zero-order chi connectivity index (χ0) is 15.9. The molecule has 118 valence electrons. The molecular weight excluding hydrogens is 342 g/mol. The minimum atomic E-state index is -3.36. The molecule has 3 heterocycles. The molecule has 3 aromatic rings. The summed E-state index contributed by atoms with van der Waals surface area (Å²) in [4.78, 5) is 6.11. The van der Waals surface area contributed by atoms with E-state index in [0.29, 0.717) is 10.8 Å². The first-order valence-electron chi connectivity index (χ1n) is 6.44. The quantitative estimate of drug-likeness (QED) is 0.756. The van der Waals surface area contributed by atoms with Crippen LogP contribution < -0.4 is 5.32 Å². The molecule has 3 rings (SSSR count). The topological polar surface area (TPSA) is 79.6 Å². The Hall–Kier alpha value is -1.49. The summed E-state index contributed by atoms with van der Waals surface area (Å²) in [6.07, 6.45) is 1.86. The van der Waals surface area contributed by atoms with E-state index in [-0.39, 0.29) is 0 Å². The first-order chi connectivity index (χ1) is 10.4. The highest BCUT2D eigenvalue weighted by molar-refractivity contribution is 7.91. The molecule has 0 aromatic carbocycles. The van der Waals surface area contributed by atoms with Gasteiger partial charge in [0.1, 0.15) is 4.21 Å². The van der Waals surface area contributed by atoms with Gasteiger partial charge in [-0.15, -0.1) is 16.4 Å². The standard InChI is InChI=1S/C12H15N5O2S3/c1-8-7-17-12(14-8)21-11(15-17)13-6-9-4-5-10(20-9)22(18,19)16(2)3/h4-5,7H,6H2,1-3H3,(H,13,15). The van der Waals surface area contributed by atoms with Gasteiger partial charge < -0.3 is 5.32 Å². The molecule has 0 bridgehead atoms. The van der Waals surface area contributed by atoms with E-state index in [1.54, 1.807) is 10.6 Å². The fourth-order valence-corrected chi connectivity index (χ4v) is 5.10. The minimum Gasteiger partial charge on any atom is -0.355 e. The number of anilines is 1. The highest BCUT2D eigenvalue weighted by Gasteiger charge is 2.19. The molecule has 0 aliphatic rings. The molecule has 22 heavy (non-hydrogen) atoms. The van der Waals surface area contributed by atoms with Crippen LogP contribution in [0.2, 0.25) is 0 Å². The van der Waals surface area contributed by atoms with Crippen molar-refractivity contribution in [2.75, 3.05) is 19.4 Å². The van der Waals surface area contributed by atoms with E-state index in [1.165, 1.54) is 41.1 Å². The second-order valence-electron chi connectivity index (χ2n) is 4.88. The first kappa shape index (κ1) is 15.4. The summed E-state index contributed by atoms with van der Waals surface area (Å²) in [5.41, 5.74) is 0.932. The van der Waals surface area contributed by atoms with Gasteiger partial charge in [0.2, 0.25) is 10.1 Å². The van der Waals surface area contributed by atoms with Gasteiger partial charge in [-0.25, -0.2) is 22.2 Å². The molecule has 0 atom stereocenters. The Morgan fingerprint density at radius 2 is 2.09 bits per heavy atom. The van der Waals surface area contributed by atoms with Crippen LogP contribution in [0.3, 0.4) is 0 Å². The Kier molecular flexibility index (Phi) is 3.93. The summed E-state index contributed by atoms with van der Waals surface area (Å²) in [5.74, 6) is 0. The Morgan fingerprint density at radius 3 is 2.77 bits per heavy atom. The number of aryl methyl sites for hydroxylation is 1. The van der Waals surface area contributed by atoms with Gasteiger partial charge in [-0.2, -0.15) is 0 Å². The van der Waals surface area contributed by atoms with Crippen LogP contribution in [-0.2, 0) is 16.6 Å². The van der Waals surface area contributed by atoms with Crippen LogP contribution >= 0.6 is 22.7 Å². The Balaban J connectivity index is 1.71. The number of nitrogens with one attached hydrogen (secondary N) is 1. The van der Waals surface area contributed by atoms with Crippen molar-refractivity contribution in [1.82, 2.24) is 18.9 Å². The average molecular weight is 357 g/mol. The molecular formula is C12H15N5O2S3. The molecule has 0 spiro atoms. The molecule has 0 aliphatic carbocycles. The summed E-state index contributed by atoms with van der Waals surface area (Å²) in [7, 11) is -0.302. The Labute approximate surface area is 136 Å². The van der Waals surface area contributed by atoms with Crippen molar-refractivity contribution in [3.63, 3.8) is 0 Å². The van der Waals surface area contributed by atoms with Crippen LogP contribution in [0.25, 0.3) is 4.96 Å². The summed E-state index contributed by atoms with van der Waals surface area (Å²) in [6, 6.07) is 3.45. The van der Waals surface area contributed by atoms with E-state index < -0.39 is 10.0 Å². The van der Waals surface area contributed by atoms with Crippen LogP contribution in [0.15, 0.2) is 22.5 Å². The van der Waals surface area contributed by atoms with E-state index >= 15 is 0 Å². The molecule has 10 heteroatoms. The highest BCUT2D eigenvalue weighted by Crippen LogP contribution is 2.25. The van der Waals surface area contributed by atoms with Crippen molar-refractivity contribution in [1.29, 1.82) is 0 Å².